The van der Waals surface area contributed by atoms with Crippen molar-refractivity contribution in [1.82, 2.24) is 0 Å². The van der Waals surface area contributed by atoms with Crippen LogP contribution >= 0.6 is 22.9 Å². The molecule has 1 aromatic carbocycles. The molecule has 2 rings (SSSR count). The molecule has 1 N–H and O–H groups in total. The molecule has 0 atom stereocenters. The molecule has 0 radical (unpaired) electrons. The van der Waals surface area contributed by atoms with E-state index < -0.39 is 30.3 Å². The predicted molar refractivity (Wildman–Crippen MR) is 100 cm³/mol. The Labute approximate surface area is 164 Å². The van der Waals surface area contributed by atoms with Crippen molar-refractivity contribution in [1.29, 1.82) is 0 Å². The molecule has 2 aromatic rings. The van der Waals surface area contributed by atoms with Crippen LogP contribution in [0.25, 0.3) is 0 Å². The molecule has 1 aromatic heterocycles. The molecule has 6 nitrogen and oxygen atoms in total. The summed E-state index contributed by atoms with van der Waals surface area (Å²) in [6, 6.07) is 3.43. The third kappa shape index (κ3) is 5.05. The van der Waals surface area contributed by atoms with E-state index >= 15 is 0 Å². The maximum Gasteiger partial charge on any atom is 0.341 e. The molecule has 1 heterocycles. The zero-order valence-corrected chi connectivity index (χ0v) is 16.4. The highest BCUT2D eigenvalue weighted by Crippen LogP contribution is 2.33. The van der Waals surface area contributed by atoms with Gasteiger partial charge in [0, 0.05) is 9.90 Å². The Kier molecular flexibility index (Phi) is 6.92. The lowest BCUT2D eigenvalue weighted by Gasteiger charge is -2.08. The fraction of sp³-hybridized carbons (Fsp3) is 0.278. The molecule has 0 aliphatic rings. The molecule has 0 saturated carbocycles. The molecule has 1 amide bonds. The van der Waals surface area contributed by atoms with Gasteiger partial charge >= 0.3 is 11.9 Å². The van der Waals surface area contributed by atoms with Crippen LogP contribution in [0.3, 0.4) is 0 Å². The van der Waals surface area contributed by atoms with Crippen LogP contribution < -0.4 is 5.32 Å². The summed E-state index contributed by atoms with van der Waals surface area (Å²) in [6.45, 7) is 4.78. The van der Waals surface area contributed by atoms with E-state index in [9.17, 15) is 18.8 Å². The third-order valence-corrected chi connectivity index (χ3v) is 4.96. The number of esters is 2. The molecule has 0 bridgehead atoms. The van der Waals surface area contributed by atoms with Gasteiger partial charge in [-0.2, -0.15) is 0 Å². The van der Waals surface area contributed by atoms with E-state index in [1.807, 2.05) is 0 Å². The maximum atomic E-state index is 13.6. The molecule has 0 unspecified atom stereocenters. The number of anilines is 1. The number of hydrogen-bond acceptors (Lipinski definition) is 6. The van der Waals surface area contributed by atoms with Gasteiger partial charge in [0.2, 0.25) is 0 Å². The van der Waals surface area contributed by atoms with Gasteiger partial charge in [-0.3, -0.25) is 4.79 Å². The van der Waals surface area contributed by atoms with Crippen LogP contribution in [0.2, 0.25) is 5.02 Å². The smallest absolute Gasteiger partial charge is 0.341 e. The zero-order chi connectivity index (χ0) is 20.1. The van der Waals surface area contributed by atoms with Crippen molar-refractivity contribution >= 4 is 45.8 Å². The van der Waals surface area contributed by atoms with Crippen molar-refractivity contribution in [3.63, 3.8) is 0 Å². The van der Waals surface area contributed by atoms with Gasteiger partial charge in [0.15, 0.2) is 6.61 Å². The molecule has 144 valence electrons. The fourth-order valence-electron chi connectivity index (χ4n) is 2.19. The number of amides is 1. The van der Waals surface area contributed by atoms with Crippen molar-refractivity contribution in [2.24, 2.45) is 0 Å². The Morgan fingerprint density at radius 3 is 2.56 bits per heavy atom. The van der Waals surface area contributed by atoms with Gasteiger partial charge in [-0.25, -0.2) is 14.0 Å². The van der Waals surface area contributed by atoms with Gasteiger partial charge in [-0.1, -0.05) is 11.6 Å². The molecule has 0 saturated heterocycles. The quantitative estimate of drug-likeness (QED) is 0.720. The first-order chi connectivity index (χ1) is 12.7. The second-order valence-corrected chi connectivity index (χ2v) is 7.12. The predicted octanol–water partition coefficient (Wildman–Crippen LogP) is 4.13. The molecular formula is C18H17ClFNO5S. The van der Waals surface area contributed by atoms with Gasteiger partial charge in [0.25, 0.3) is 5.91 Å². The summed E-state index contributed by atoms with van der Waals surface area (Å²) < 4.78 is 23.5. The standard InChI is InChI=1S/C18H17ClFNO5S/c1-4-25-18(24)15-9(2)10(3)27-16(15)21-14(22)8-26-17(23)12-7-11(19)5-6-13(12)20/h5-7H,4,8H2,1-3H3,(H,21,22). The van der Waals surface area contributed by atoms with Crippen LogP contribution in [0.15, 0.2) is 18.2 Å². The number of nitrogens with one attached hydrogen (secondary N) is 1. The van der Waals surface area contributed by atoms with E-state index in [1.165, 1.54) is 17.4 Å². The van der Waals surface area contributed by atoms with Crippen molar-refractivity contribution in [2.75, 3.05) is 18.5 Å². The number of rotatable bonds is 6. The number of ether oxygens (including phenoxy) is 2. The van der Waals surface area contributed by atoms with Crippen molar-refractivity contribution < 1.29 is 28.2 Å². The highest BCUT2D eigenvalue weighted by Gasteiger charge is 2.23. The van der Waals surface area contributed by atoms with Crippen molar-refractivity contribution in [2.45, 2.75) is 20.8 Å². The summed E-state index contributed by atoms with van der Waals surface area (Å²) in [5.74, 6) is -3.04. The lowest BCUT2D eigenvalue weighted by atomic mass is 10.1. The number of carbonyl (C=O) groups excluding carboxylic acids is 3. The Bertz CT molecular complexity index is 896. The third-order valence-electron chi connectivity index (χ3n) is 3.60. The van der Waals surface area contributed by atoms with Gasteiger partial charge in [-0.15, -0.1) is 11.3 Å². The summed E-state index contributed by atoms with van der Waals surface area (Å²) in [5.41, 5.74) is 0.594. The van der Waals surface area contributed by atoms with Gasteiger partial charge < -0.3 is 14.8 Å². The summed E-state index contributed by atoms with van der Waals surface area (Å²) in [7, 11) is 0. The number of carbonyl (C=O) groups is 3. The molecule has 9 heteroatoms. The zero-order valence-electron chi connectivity index (χ0n) is 14.9. The SMILES string of the molecule is CCOC(=O)c1c(NC(=O)COC(=O)c2cc(Cl)ccc2F)sc(C)c1C. The van der Waals surface area contributed by atoms with Crippen LogP contribution in [0.5, 0.6) is 0 Å². The van der Waals surface area contributed by atoms with E-state index in [0.29, 0.717) is 10.6 Å². The molecule has 0 fully saturated rings. The highest BCUT2D eigenvalue weighted by atomic mass is 35.5. The van der Waals surface area contributed by atoms with Crippen LogP contribution in [-0.2, 0) is 14.3 Å². The summed E-state index contributed by atoms with van der Waals surface area (Å²) in [5, 5.41) is 2.99. The Morgan fingerprint density at radius 2 is 1.89 bits per heavy atom. The summed E-state index contributed by atoms with van der Waals surface area (Å²) in [6.07, 6.45) is 0. The van der Waals surface area contributed by atoms with E-state index in [1.54, 1.807) is 20.8 Å². The van der Waals surface area contributed by atoms with E-state index in [0.717, 1.165) is 17.0 Å². The molecule has 0 aliphatic heterocycles. The first-order valence-electron chi connectivity index (χ1n) is 7.93. The van der Waals surface area contributed by atoms with Crippen LogP contribution in [-0.4, -0.2) is 31.1 Å². The van der Waals surface area contributed by atoms with E-state index in [-0.39, 0.29) is 22.8 Å². The average molecular weight is 414 g/mol. The average Bonchev–Trinajstić information content (AvgIpc) is 2.89. The first-order valence-corrected chi connectivity index (χ1v) is 9.13. The minimum atomic E-state index is -1.02. The topological polar surface area (TPSA) is 81.7 Å². The maximum absolute atomic E-state index is 13.6. The second kappa shape index (κ2) is 8.96. The summed E-state index contributed by atoms with van der Waals surface area (Å²) in [4.78, 5) is 37.0. The lowest BCUT2D eigenvalue weighted by molar-refractivity contribution is -0.119. The highest BCUT2D eigenvalue weighted by molar-refractivity contribution is 7.16. The number of aryl methyl sites for hydroxylation is 1. The Hall–Kier alpha value is -2.45. The van der Waals surface area contributed by atoms with E-state index in [4.69, 9.17) is 21.1 Å². The number of thiophene rings is 1. The monoisotopic (exact) mass is 413 g/mol. The Morgan fingerprint density at radius 1 is 1.19 bits per heavy atom. The molecule has 27 heavy (non-hydrogen) atoms. The summed E-state index contributed by atoms with van der Waals surface area (Å²) >= 11 is 6.93. The van der Waals surface area contributed by atoms with Gasteiger partial charge in [0.05, 0.1) is 17.7 Å². The molecule has 0 spiro atoms. The minimum absolute atomic E-state index is 0.163. The van der Waals surface area contributed by atoms with Crippen LogP contribution in [0, 0.1) is 19.7 Å². The number of halogens is 2. The lowest BCUT2D eigenvalue weighted by Crippen LogP contribution is -2.22. The normalized spacial score (nSPS) is 10.4. The first kappa shape index (κ1) is 20.9. The second-order valence-electron chi connectivity index (χ2n) is 5.46. The molecular weight excluding hydrogens is 397 g/mol. The molecule has 0 aliphatic carbocycles. The Balaban J connectivity index is 2.06. The van der Waals surface area contributed by atoms with Crippen LogP contribution in [0.1, 0.15) is 38.1 Å². The van der Waals surface area contributed by atoms with E-state index in [2.05, 4.69) is 5.32 Å². The van der Waals surface area contributed by atoms with Crippen molar-refractivity contribution in [3.05, 3.63) is 50.6 Å². The van der Waals surface area contributed by atoms with Crippen LogP contribution in [0.4, 0.5) is 9.39 Å². The van der Waals surface area contributed by atoms with Gasteiger partial charge in [-0.05, 0) is 44.5 Å². The van der Waals surface area contributed by atoms with Gasteiger partial charge in [0.1, 0.15) is 10.8 Å². The minimum Gasteiger partial charge on any atom is -0.462 e. The largest absolute Gasteiger partial charge is 0.462 e. The number of benzene rings is 1. The van der Waals surface area contributed by atoms with Crippen molar-refractivity contribution in [3.8, 4) is 0 Å². The number of hydrogen-bond donors (Lipinski definition) is 1. The fourth-order valence-corrected chi connectivity index (χ4v) is 3.43.